The van der Waals surface area contributed by atoms with Crippen LogP contribution in [0.1, 0.15) is 18.6 Å². The van der Waals surface area contributed by atoms with Gasteiger partial charge < -0.3 is 10.2 Å². The Bertz CT molecular complexity index is 381. The first kappa shape index (κ1) is 12.1. The zero-order valence-corrected chi connectivity index (χ0v) is 9.53. The molecule has 0 amide bonds. The summed E-state index contributed by atoms with van der Waals surface area (Å²) in [5, 5.41) is 18.4. The lowest BCUT2D eigenvalue weighted by Gasteiger charge is -2.16. The number of aliphatic hydroxyl groups excluding tert-OH is 1. The Balaban J connectivity index is 3.04. The molecule has 0 saturated heterocycles. The highest BCUT2D eigenvalue weighted by atomic mass is 79.9. The van der Waals surface area contributed by atoms with E-state index in [-0.39, 0.29) is 5.56 Å². The lowest BCUT2D eigenvalue weighted by atomic mass is 9.97. The van der Waals surface area contributed by atoms with E-state index in [9.17, 15) is 14.3 Å². The molecule has 0 aliphatic heterocycles. The number of aliphatic hydroxyl groups is 1. The zero-order valence-electron chi connectivity index (χ0n) is 7.95. The van der Waals surface area contributed by atoms with Gasteiger partial charge in [0.15, 0.2) is 0 Å². The maximum atomic E-state index is 12.9. The van der Waals surface area contributed by atoms with Crippen LogP contribution in [0, 0.1) is 11.7 Å². The smallest absolute Gasteiger partial charge is 0.309 e. The van der Waals surface area contributed by atoms with E-state index in [0.29, 0.717) is 4.47 Å². The molecule has 82 valence electrons. The lowest BCUT2D eigenvalue weighted by Crippen LogP contribution is -2.19. The van der Waals surface area contributed by atoms with Gasteiger partial charge in [-0.25, -0.2) is 4.39 Å². The summed E-state index contributed by atoms with van der Waals surface area (Å²) in [5.74, 6) is -2.62. The minimum Gasteiger partial charge on any atom is -0.481 e. The molecule has 0 aliphatic carbocycles. The molecule has 1 aromatic rings. The molecule has 0 heterocycles. The normalized spacial score (nSPS) is 14.7. The summed E-state index contributed by atoms with van der Waals surface area (Å²) in [6, 6.07) is 3.78. The molecule has 0 aliphatic rings. The van der Waals surface area contributed by atoms with E-state index < -0.39 is 23.8 Å². The fourth-order valence-electron chi connectivity index (χ4n) is 1.15. The number of aliphatic carboxylic acids is 1. The van der Waals surface area contributed by atoms with Crippen LogP contribution < -0.4 is 0 Å². The van der Waals surface area contributed by atoms with Crippen molar-refractivity contribution in [1.29, 1.82) is 0 Å². The average Bonchev–Trinajstić information content (AvgIpc) is 2.19. The number of hydrogen-bond acceptors (Lipinski definition) is 2. The lowest BCUT2D eigenvalue weighted by molar-refractivity contribution is -0.145. The molecule has 3 nitrogen and oxygen atoms in total. The fourth-order valence-corrected chi connectivity index (χ4v) is 1.63. The minimum absolute atomic E-state index is 0.241. The summed E-state index contributed by atoms with van der Waals surface area (Å²) in [5.41, 5.74) is 0.241. The number of benzene rings is 1. The Morgan fingerprint density at radius 2 is 2.13 bits per heavy atom. The van der Waals surface area contributed by atoms with Crippen molar-refractivity contribution in [3.8, 4) is 0 Å². The van der Waals surface area contributed by atoms with Crippen molar-refractivity contribution in [1.82, 2.24) is 0 Å². The Kier molecular flexibility index (Phi) is 3.82. The molecule has 0 aromatic heterocycles. The molecule has 15 heavy (non-hydrogen) atoms. The monoisotopic (exact) mass is 276 g/mol. The summed E-state index contributed by atoms with van der Waals surface area (Å²) in [6.45, 7) is 1.37. The van der Waals surface area contributed by atoms with E-state index >= 15 is 0 Å². The molecule has 0 fully saturated rings. The van der Waals surface area contributed by atoms with Gasteiger partial charge in [0.25, 0.3) is 0 Å². The predicted octanol–water partition coefficient (Wildman–Crippen LogP) is 2.34. The average molecular weight is 277 g/mol. The van der Waals surface area contributed by atoms with Crippen LogP contribution in [0.5, 0.6) is 0 Å². The first-order valence-corrected chi connectivity index (χ1v) is 5.08. The third-order valence-electron chi connectivity index (χ3n) is 2.14. The van der Waals surface area contributed by atoms with Crippen LogP contribution >= 0.6 is 15.9 Å². The molecule has 2 atom stereocenters. The highest BCUT2D eigenvalue weighted by Gasteiger charge is 2.24. The molecule has 2 unspecified atom stereocenters. The SMILES string of the molecule is CC(C(=O)O)C(O)c1cc(F)ccc1Br. The predicted molar refractivity (Wildman–Crippen MR) is 55.9 cm³/mol. The van der Waals surface area contributed by atoms with Crippen LogP contribution in [0.15, 0.2) is 22.7 Å². The molecule has 1 rings (SSSR count). The van der Waals surface area contributed by atoms with Crippen LogP contribution in [0.3, 0.4) is 0 Å². The minimum atomic E-state index is -1.23. The van der Waals surface area contributed by atoms with E-state index in [1.165, 1.54) is 19.1 Å². The third-order valence-corrected chi connectivity index (χ3v) is 2.86. The number of rotatable bonds is 3. The van der Waals surface area contributed by atoms with Gasteiger partial charge in [0.05, 0.1) is 12.0 Å². The van der Waals surface area contributed by atoms with Crippen molar-refractivity contribution in [2.75, 3.05) is 0 Å². The highest BCUT2D eigenvalue weighted by molar-refractivity contribution is 9.10. The number of hydrogen-bond donors (Lipinski definition) is 2. The fraction of sp³-hybridized carbons (Fsp3) is 0.300. The number of carbonyl (C=O) groups is 1. The molecule has 0 bridgehead atoms. The first-order valence-electron chi connectivity index (χ1n) is 4.29. The van der Waals surface area contributed by atoms with Gasteiger partial charge in [-0.05, 0) is 30.7 Å². The van der Waals surface area contributed by atoms with Gasteiger partial charge in [-0.15, -0.1) is 0 Å². The second-order valence-electron chi connectivity index (χ2n) is 3.24. The van der Waals surface area contributed by atoms with Gasteiger partial charge in [0.2, 0.25) is 0 Å². The molecule has 5 heteroatoms. The second-order valence-corrected chi connectivity index (χ2v) is 4.09. The van der Waals surface area contributed by atoms with E-state index in [0.717, 1.165) is 6.07 Å². The van der Waals surface area contributed by atoms with Gasteiger partial charge in [-0.2, -0.15) is 0 Å². The molecule has 2 N–H and O–H groups in total. The topological polar surface area (TPSA) is 57.5 Å². The summed E-state index contributed by atoms with van der Waals surface area (Å²) < 4.78 is 13.4. The Morgan fingerprint density at radius 3 is 2.67 bits per heavy atom. The standard InChI is InChI=1S/C10H10BrFO3/c1-5(10(14)15)9(13)7-4-6(12)2-3-8(7)11/h2-5,9,13H,1H3,(H,14,15). The molecular weight excluding hydrogens is 267 g/mol. The van der Waals surface area contributed by atoms with E-state index in [2.05, 4.69) is 15.9 Å². The molecule has 0 saturated carbocycles. The van der Waals surface area contributed by atoms with E-state index in [1.807, 2.05) is 0 Å². The van der Waals surface area contributed by atoms with Crippen LogP contribution in [0.2, 0.25) is 0 Å². The molecule has 1 aromatic carbocycles. The number of halogens is 2. The Morgan fingerprint density at radius 1 is 1.53 bits per heavy atom. The van der Waals surface area contributed by atoms with Gasteiger partial charge in [0, 0.05) is 4.47 Å². The Labute approximate surface area is 94.7 Å². The van der Waals surface area contributed by atoms with Crippen molar-refractivity contribution in [2.45, 2.75) is 13.0 Å². The maximum Gasteiger partial charge on any atom is 0.309 e. The van der Waals surface area contributed by atoms with Crippen LogP contribution in [0.25, 0.3) is 0 Å². The molecular formula is C10H10BrFO3. The Hall–Kier alpha value is -0.940. The summed E-state index contributed by atoms with van der Waals surface area (Å²) in [4.78, 5) is 10.6. The van der Waals surface area contributed by atoms with Gasteiger partial charge in [-0.1, -0.05) is 15.9 Å². The number of carboxylic acids is 1. The van der Waals surface area contributed by atoms with Crippen LogP contribution in [-0.4, -0.2) is 16.2 Å². The van der Waals surface area contributed by atoms with Crippen molar-refractivity contribution in [3.05, 3.63) is 34.1 Å². The zero-order chi connectivity index (χ0) is 11.6. The van der Waals surface area contributed by atoms with Gasteiger partial charge in [0.1, 0.15) is 5.82 Å². The second kappa shape index (κ2) is 4.72. The van der Waals surface area contributed by atoms with Crippen molar-refractivity contribution < 1.29 is 19.4 Å². The quantitative estimate of drug-likeness (QED) is 0.891. The van der Waals surface area contributed by atoms with Crippen molar-refractivity contribution in [2.24, 2.45) is 5.92 Å². The molecule has 0 spiro atoms. The molecule has 0 radical (unpaired) electrons. The summed E-state index contributed by atoms with van der Waals surface area (Å²) in [7, 11) is 0. The highest BCUT2D eigenvalue weighted by Crippen LogP contribution is 2.29. The van der Waals surface area contributed by atoms with Gasteiger partial charge >= 0.3 is 5.97 Å². The van der Waals surface area contributed by atoms with Crippen molar-refractivity contribution >= 4 is 21.9 Å². The number of carboxylic acid groups (broad SMARTS) is 1. The first-order chi connectivity index (χ1) is 6.93. The summed E-state index contributed by atoms with van der Waals surface area (Å²) >= 11 is 3.13. The summed E-state index contributed by atoms with van der Waals surface area (Å²) in [6.07, 6.45) is -1.23. The van der Waals surface area contributed by atoms with Gasteiger partial charge in [-0.3, -0.25) is 4.79 Å². The largest absolute Gasteiger partial charge is 0.481 e. The van der Waals surface area contributed by atoms with E-state index in [1.54, 1.807) is 0 Å². The third kappa shape index (κ3) is 2.76. The van der Waals surface area contributed by atoms with Crippen molar-refractivity contribution in [3.63, 3.8) is 0 Å². The van der Waals surface area contributed by atoms with Crippen LogP contribution in [0.4, 0.5) is 4.39 Å². The van der Waals surface area contributed by atoms with E-state index in [4.69, 9.17) is 5.11 Å². The maximum absolute atomic E-state index is 12.9. The van der Waals surface area contributed by atoms with Crippen LogP contribution in [-0.2, 0) is 4.79 Å².